The maximum absolute atomic E-state index is 12.3. The van der Waals surface area contributed by atoms with E-state index in [-0.39, 0.29) is 10.7 Å². The van der Waals surface area contributed by atoms with Gasteiger partial charge in [-0.25, -0.2) is 4.68 Å². The Hall–Kier alpha value is -2.76. The highest BCUT2D eigenvalue weighted by atomic mass is 127. The van der Waals surface area contributed by atoms with E-state index in [0.717, 1.165) is 11.3 Å². The van der Waals surface area contributed by atoms with Crippen molar-refractivity contribution >= 4 is 69.8 Å². The number of halogens is 2. The van der Waals surface area contributed by atoms with Gasteiger partial charge in [-0.15, -0.1) is 0 Å². The molecule has 1 fully saturated rings. The van der Waals surface area contributed by atoms with Gasteiger partial charge in [0.1, 0.15) is 11.3 Å². The highest BCUT2D eigenvalue weighted by molar-refractivity contribution is 14.1. The lowest BCUT2D eigenvalue weighted by Crippen LogP contribution is -2.51. The predicted octanol–water partition coefficient (Wildman–Crippen LogP) is 3.84. The highest BCUT2D eigenvalue weighted by Gasteiger charge is 2.26. The van der Waals surface area contributed by atoms with Crippen molar-refractivity contribution in [2.24, 2.45) is 0 Å². The molecule has 0 spiro atoms. The van der Waals surface area contributed by atoms with Crippen molar-refractivity contribution < 1.29 is 12.7 Å². The Balaban J connectivity index is 1.83. The van der Waals surface area contributed by atoms with Crippen molar-refractivity contribution in [1.82, 2.24) is 20.4 Å². The van der Waals surface area contributed by atoms with Gasteiger partial charge in [0.2, 0.25) is 0 Å². The minimum Gasteiger partial charge on any atom is -0.428 e. The number of carbonyl (C=O) groups excluding carboxylic acids is 2. The standard InChI is InChI=1S/C20H12ClIN4O3S/c21-13-3-5-14(6-4-13)26-10-12(9-16-18(27)23-20(30)24-19(16)28)17(25-26)11-1-7-15(29-22)8-2-11/h1-10H,(H2,23,24,27,28,30). The summed E-state index contributed by atoms with van der Waals surface area (Å²) < 4.78 is 6.84. The highest BCUT2D eigenvalue weighted by Crippen LogP contribution is 2.28. The normalized spacial score (nSPS) is 13.7. The van der Waals surface area contributed by atoms with E-state index in [1.807, 2.05) is 24.3 Å². The third kappa shape index (κ3) is 4.23. The number of thiocarbonyl (C=S) groups is 1. The van der Waals surface area contributed by atoms with Crippen molar-refractivity contribution in [3.63, 3.8) is 0 Å². The molecule has 3 aromatic rings. The first-order valence-corrected chi connectivity index (χ1v) is 10.2. The molecule has 0 unspecified atom stereocenters. The van der Waals surface area contributed by atoms with Crippen molar-refractivity contribution in [3.05, 3.63) is 70.9 Å². The Kier molecular flexibility index (Phi) is 5.84. The largest absolute Gasteiger partial charge is 0.428 e. The van der Waals surface area contributed by atoms with Crippen LogP contribution in [-0.4, -0.2) is 26.7 Å². The van der Waals surface area contributed by atoms with Gasteiger partial charge in [-0.1, -0.05) is 11.6 Å². The molecule has 2 heterocycles. The molecular weight excluding hydrogens is 539 g/mol. The van der Waals surface area contributed by atoms with Crippen molar-refractivity contribution in [2.75, 3.05) is 0 Å². The Morgan fingerprint density at radius 1 is 1.03 bits per heavy atom. The van der Waals surface area contributed by atoms with Crippen LogP contribution in [0.1, 0.15) is 5.56 Å². The maximum Gasteiger partial charge on any atom is 0.263 e. The van der Waals surface area contributed by atoms with E-state index >= 15 is 0 Å². The third-order valence-corrected chi connectivity index (χ3v) is 5.26. The van der Waals surface area contributed by atoms with Gasteiger partial charge in [0.05, 0.1) is 11.4 Å². The number of hydrogen-bond acceptors (Lipinski definition) is 5. The molecule has 10 heteroatoms. The zero-order valence-corrected chi connectivity index (χ0v) is 18.8. The Labute approximate surface area is 195 Å². The van der Waals surface area contributed by atoms with Crippen LogP contribution >= 0.6 is 46.8 Å². The molecule has 0 aliphatic carbocycles. The minimum absolute atomic E-state index is 0.0198. The third-order valence-electron chi connectivity index (χ3n) is 4.29. The summed E-state index contributed by atoms with van der Waals surface area (Å²) in [7, 11) is 0. The van der Waals surface area contributed by atoms with E-state index in [1.54, 1.807) is 58.1 Å². The van der Waals surface area contributed by atoms with E-state index in [9.17, 15) is 9.59 Å². The summed E-state index contributed by atoms with van der Waals surface area (Å²) in [5.74, 6) is -0.443. The van der Waals surface area contributed by atoms with E-state index < -0.39 is 11.8 Å². The molecule has 2 amide bonds. The van der Waals surface area contributed by atoms with E-state index in [0.29, 0.717) is 22.0 Å². The second kappa shape index (κ2) is 8.54. The molecule has 0 radical (unpaired) electrons. The maximum atomic E-state index is 12.3. The first-order valence-electron chi connectivity index (χ1n) is 8.57. The molecule has 2 N–H and O–H groups in total. The topological polar surface area (TPSA) is 85.3 Å². The summed E-state index contributed by atoms with van der Waals surface area (Å²) >= 11 is 12.6. The number of amides is 2. The first-order chi connectivity index (χ1) is 14.4. The van der Waals surface area contributed by atoms with Gasteiger partial charge in [0.25, 0.3) is 11.8 Å². The fourth-order valence-corrected chi connectivity index (χ4v) is 3.47. The molecule has 0 bridgehead atoms. The molecule has 1 aliphatic heterocycles. The summed E-state index contributed by atoms with van der Waals surface area (Å²) in [6, 6.07) is 14.5. The number of aromatic nitrogens is 2. The average Bonchev–Trinajstić information content (AvgIpc) is 3.15. The van der Waals surface area contributed by atoms with Gasteiger partial charge < -0.3 is 3.07 Å². The SMILES string of the molecule is O=C1NC(=S)NC(=O)C1=Cc1cn(-c2ccc(Cl)cc2)nc1-c1ccc(OI)cc1. The van der Waals surface area contributed by atoms with Crippen molar-refractivity contribution in [1.29, 1.82) is 0 Å². The number of carbonyl (C=O) groups is 2. The fraction of sp³-hybridized carbons (Fsp3) is 0. The van der Waals surface area contributed by atoms with Gasteiger partial charge >= 0.3 is 0 Å². The smallest absolute Gasteiger partial charge is 0.263 e. The number of nitrogens with one attached hydrogen (secondary N) is 2. The van der Waals surface area contributed by atoms with Crippen LogP contribution in [-0.2, 0) is 9.59 Å². The second-order valence-electron chi connectivity index (χ2n) is 6.25. The first kappa shape index (κ1) is 20.5. The van der Waals surface area contributed by atoms with E-state index in [1.165, 1.54) is 6.08 Å². The van der Waals surface area contributed by atoms with Gasteiger partial charge in [-0.05, 0) is 66.8 Å². The van der Waals surface area contributed by atoms with Crippen LogP contribution in [0.3, 0.4) is 0 Å². The summed E-state index contributed by atoms with van der Waals surface area (Å²) in [6.07, 6.45) is 3.23. The molecule has 150 valence electrons. The van der Waals surface area contributed by atoms with Gasteiger partial charge in [0, 0.05) is 22.3 Å². The summed E-state index contributed by atoms with van der Waals surface area (Å²) in [4.78, 5) is 24.6. The molecule has 7 nitrogen and oxygen atoms in total. The van der Waals surface area contributed by atoms with Crippen LogP contribution < -0.4 is 13.7 Å². The molecule has 1 aromatic heterocycles. The molecule has 30 heavy (non-hydrogen) atoms. The van der Waals surface area contributed by atoms with E-state index in [2.05, 4.69) is 15.7 Å². The summed E-state index contributed by atoms with van der Waals surface area (Å²) in [5, 5.41) is 10.1. The molecular formula is C20H12ClIN4O3S. The Bertz CT molecular complexity index is 1170. The van der Waals surface area contributed by atoms with Crippen LogP contribution in [0.5, 0.6) is 5.75 Å². The number of hydrogen-bond donors (Lipinski definition) is 2. The quantitative estimate of drug-likeness (QED) is 0.223. The Morgan fingerprint density at radius 3 is 2.27 bits per heavy atom. The van der Waals surface area contributed by atoms with Crippen LogP contribution in [0.2, 0.25) is 5.02 Å². The summed E-state index contributed by atoms with van der Waals surface area (Å²) in [6.45, 7) is 0. The number of rotatable bonds is 4. The van der Waals surface area contributed by atoms with Gasteiger partial charge in [-0.3, -0.25) is 20.2 Å². The average molecular weight is 551 g/mol. The number of nitrogens with zero attached hydrogens (tertiary/aromatic N) is 2. The predicted molar refractivity (Wildman–Crippen MR) is 126 cm³/mol. The Morgan fingerprint density at radius 2 is 1.67 bits per heavy atom. The molecule has 0 atom stereocenters. The van der Waals surface area contributed by atoms with Crippen molar-refractivity contribution in [3.8, 4) is 22.7 Å². The van der Waals surface area contributed by atoms with Crippen molar-refractivity contribution in [2.45, 2.75) is 0 Å². The molecule has 1 saturated heterocycles. The van der Waals surface area contributed by atoms with Gasteiger partial charge in [-0.2, -0.15) is 5.10 Å². The lowest BCUT2D eigenvalue weighted by Gasteiger charge is -2.16. The molecule has 2 aromatic carbocycles. The second-order valence-corrected chi connectivity index (χ2v) is 7.54. The van der Waals surface area contributed by atoms with Crippen LogP contribution in [0, 0.1) is 0 Å². The lowest BCUT2D eigenvalue weighted by molar-refractivity contribution is -0.123. The van der Waals surface area contributed by atoms with E-state index in [4.69, 9.17) is 26.9 Å². The zero-order valence-electron chi connectivity index (χ0n) is 15.1. The lowest BCUT2D eigenvalue weighted by atomic mass is 10.0. The molecule has 4 rings (SSSR count). The van der Waals surface area contributed by atoms with Gasteiger partial charge in [0.15, 0.2) is 28.1 Å². The minimum atomic E-state index is -0.567. The molecule has 1 aliphatic rings. The fourth-order valence-electron chi connectivity index (χ4n) is 2.87. The zero-order chi connectivity index (χ0) is 21.3. The number of benzene rings is 2. The van der Waals surface area contributed by atoms with Crippen LogP contribution in [0.15, 0.2) is 60.3 Å². The van der Waals surface area contributed by atoms with Crippen LogP contribution in [0.25, 0.3) is 23.0 Å². The van der Waals surface area contributed by atoms with Crippen LogP contribution in [0.4, 0.5) is 0 Å². The monoisotopic (exact) mass is 550 g/mol. The molecule has 0 saturated carbocycles. The summed E-state index contributed by atoms with van der Waals surface area (Å²) in [5.41, 5.74) is 2.68.